The second kappa shape index (κ2) is 13.7. The van der Waals surface area contributed by atoms with E-state index in [1.165, 1.54) is 11.3 Å². The molecule has 6 rings (SSSR count). The zero-order valence-electron chi connectivity index (χ0n) is 29.1. The van der Waals surface area contributed by atoms with Crippen molar-refractivity contribution in [2.24, 2.45) is 21.9 Å². The second-order valence-electron chi connectivity index (χ2n) is 16.2. The number of oxime groups is 1. The van der Waals surface area contributed by atoms with Crippen LogP contribution in [0.5, 0.6) is 0 Å². The third kappa shape index (κ3) is 7.81. The van der Waals surface area contributed by atoms with E-state index < -0.39 is 52.6 Å². The lowest BCUT2D eigenvalue weighted by molar-refractivity contribution is -0.145. The molecular formula is C37H50ClN5O6. The van der Waals surface area contributed by atoms with E-state index in [4.69, 9.17) is 16.4 Å². The fourth-order valence-electron chi connectivity index (χ4n) is 8.09. The third-order valence-electron chi connectivity index (χ3n) is 11.1. The molecule has 2 unspecified atom stereocenters. The molecule has 3 N–H and O–H groups in total. The summed E-state index contributed by atoms with van der Waals surface area (Å²) in [6.45, 7) is 7.63. The molecule has 5 aliphatic rings. The molecule has 2 heterocycles. The highest BCUT2D eigenvalue weighted by atomic mass is 35.5. The van der Waals surface area contributed by atoms with Crippen LogP contribution in [0.4, 0.5) is 0 Å². The molecule has 266 valence electrons. The molecule has 0 radical (unpaired) electrons. The number of amides is 4. The minimum atomic E-state index is -1.04. The number of rotatable bonds is 12. The van der Waals surface area contributed by atoms with Crippen LogP contribution in [0.15, 0.2) is 29.4 Å². The highest BCUT2D eigenvalue weighted by Gasteiger charge is 2.57. The monoisotopic (exact) mass is 695 g/mol. The Morgan fingerprint density at radius 3 is 2.53 bits per heavy atom. The number of carbonyl (C=O) groups excluding carboxylic acids is 5. The number of benzene rings is 1. The summed E-state index contributed by atoms with van der Waals surface area (Å²) < 4.78 is 0. The van der Waals surface area contributed by atoms with Gasteiger partial charge in [-0.2, -0.15) is 0 Å². The molecule has 12 heteroatoms. The van der Waals surface area contributed by atoms with E-state index in [-0.39, 0.29) is 36.8 Å². The molecule has 1 aromatic carbocycles. The van der Waals surface area contributed by atoms with Crippen LogP contribution in [-0.2, 0) is 28.8 Å². The maximum absolute atomic E-state index is 14.6. The number of nitrogens with one attached hydrogen (secondary N) is 3. The molecule has 3 saturated carbocycles. The van der Waals surface area contributed by atoms with Crippen molar-refractivity contribution in [2.45, 2.75) is 135 Å². The van der Waals surface area contributed by atoms with Gasteiger partial charge in [-0.25, -0.2) is 0 Å². The Balaban J connectivity index is 1.23. The van der Waals surface area contributed by atoms with Crippen LogP contribution in [0.3, 0.4) is 0 Å². The van der Waals surface area contributed by atoms with Gasteiger partial charge in [-0.15, -0.1) is 0 Å². The Hall–Kier alpha value is -3.47. The standard InChI is InChI=1S/C37H50ClN5O6/c1-5-9-26(30(45)33(47)39-25-13-14-25)40-32(46)28-19-37(18-27(42-49-37)22-10-8-12-24(38)16-22)21-43(28)34(48)31(35(2,3)4)41-29(44)20-36-15-7-6-11-23(36)17-36/h8,10,12,16,23,25-26,28,31H,5-7,9,11,13-15,17-21H2,1-4H3,(H,39,47)(H,40,46)(H,41,44)/t23?,26-,28-,31+,36?,37+/m0/s1. The number of nitrogens with zero attached hydrogens (tertiary/aromatic N) is 2. The molecule has 11 nitrogen and oxygen atoms in total. The predicted octanol–water partition coefficient (Wildman–Crippen LogP) is 4.44. The van der Waals surface area contributed by atoms with Gasteiger partial charge < -0.3 is 25.7 Å². The van der Waals surface area contributed by atoms with Gasteiger partial charge in [0.25, 0.3) is 5.91 Å². The lowest BCUT2D eigenvalue weighted by Crippen LogP contribution is -2.59. The molecule has 4 fully saturated rings. The zero-order chi connectivity index (χ0) is 35.1. The minimum absolute atomic E-state index is 0.00139. The summed E-state index contributed by atoms with van der Waals surface area (Å²) in [5.74, 6) is -1.90. The van der Waals surface area contributed by atoms with Crippen molar-refractivity contribution < 1.29 is 28.8 Å². The summed E-state index contributed by atoms with van der Waals surface area (Å²) in [4.78, 5) is 75.8. The van der Waals surface area contributed by atoms with Gasteiger partial charge in [-0.3, -0.25) is 24.0 Å². The number of ketones is 1. The Morgan fingerprint density at radius 1 is 1.08 bits per heavy atom. The van der Waals surface area contributed by atoms with Crippen molar-refractivity contribution in [2.75, 3.05) is 6.54 Å². The molecule has 0 aromatic heterocycles. The highest BCUT2D eigenvalue weighted by Crippen LogP contribution is 2.63. The van der Waals surface area contributed by atoms with Crippen molar-refractivity contribution in [3.8, 4) is 0 Å². The summed E-state index contributed by atoms with van der Waals surface area (Å²) >= 11 is 6.26. The maximum atomic E-state index is 14.6. The van der Waals surface area contributed by atoms with Crippen LogP contribution < -0.4 is 16.0 Å². The number of halogens is 1. The number of carbonyl (C=O) groups is 5. The van der Waals surface area contributed by atoms with Crippen molar-refractivity contribution in [3.63, 3.8) is 0 Å². The van der Waals surface area contributed by atoms with Gasteiger partial charge in [0, 0.05) is 35.9 Å². The SMILES string of the molecule is CCC[C@H](NC(=O)[C@@H]1C[C@]2(CC(c3cccc(Cl)c3)=NO2)CN1C(=O)[C@@H](NC(=O)CC12CCCCC1C2)C(C)(C)C)C(=O)C(=O)NC1CC1. The van der Waals surface area contributed by atoms with E-state index in [1.54, 1.807) is 12.1 Å². The fourth-order valence-corrected chi connectivity index (χ4v) is 8.28. The van der Waals surface area contributed by atoms with E-state index >= 15 is 0 Å². The third-order valence-corrected chi connectivity index (χ3v) is 11.3. The normalized spacial score (nSPS) is 28.5. The van der Waals surface area contributed by atoms with Crippen molar-refractivity contribution >= 4 is 46.7 Å². The van der Waals surface area contributed by atoms with Crippen LogP contribution in [0.2, 0.25) is 5.02 Å². The Morgan fingerprint density at radius 2 is 1.86 bits per heavy atom. The van der Waals surface area contributed by atoms with Gasteiger partial charge in [-0.05, 0) is 67.4 Å². The van der Waals surface area contributed by atoms with Crippen LogP contribution in [0.25, 0.3) is 0 Å². The lowest BCUT2D eigenvalue weighted by atomic mass is 9.83. The summed E-state index contributed by atoms with van der Waals surface area (Å²) in [6.07, 6.45) is 8.94. The summed E-state index contributed by atoms with van der Waals surface area (Å²) in [6, 6.07) is 4.30. The Labute approximate surface area is 293 Å². The van der Waals surface area contributed by atoms with Gasteiger partial charge in [-0.1, -0.05) is 75.8 Å². The molecule has 1 spiro atoms. The topological polar surface area (TPSA) is 146 Å². The number of likely N-dealkylation sites (tertiary alicyclic amines) is 1. The molecule has 2 aliphatic heterocycles. The van der Waals surface area contributed by atoms with E-state index in [1.807, 2.05) is 39.8 Å². The summed E-state index contributed by atoms with van der Waals surface area (Å²) in [5.41, 5.74) is -0.190. The van der Waals surface area contributed by atoms with Gasteiger partial charge in [0.1, 0.15) is 12.1 Å². The summed E-state index contributed by atoms with van der Waals surface area (Å²) in [5, 5.41) is 13.5. The van der Waals surface area contributed by atoms with Crippen molar-refractivity contribution in [3.05, 3.63) is 34.9 Å². The molecule has 3 aliphatic carbocycles. The molecule has 4 amide bonds. The minimum Gasteiger partial charge on any atom is -0.387 e. The van der Waals surface area contributed by atoms with Gasteiger partial charge in [0.15, 0.2) is 5.60 Å². The van der Waals surface area contributed by atoms with Crippen LogP contribution in [-0.4, -0.2) is 76.3 Å². The van der Waals surface area contributed by atoms with E-state index in [0.29, 0.717) is 35.9 Å². The fraction of sp³-hybridized carbons (Fsp3) is 0.676. The van der Waals surface area contributed by atoms with Gasteiger partial charge >= 0.3 is 0 Å². The smallest absolute Gasteiger partial charge is 0.289 e. The van der Waals surface area contributed by atoms with E-state index in [9.17, 15) is 24.0 Å². The quantitative estimate of drug-likeness (QED) is 0.276. The number of Topliss-reactive ketones (excluding diaryl/α,β-unsaturated/α-hetero) is 1. The molecule has 49 heavy (non-hydrogen) atoms. The van der Waals surface area contributed by atoms with Gasteiger partial charge in [0.05, 0.1) is 18.3 Å². The predicted molar refractivity (Wildman–Crippen MR) is 185 cm³/mol. The van der Waals surface area contributed by atoms with Crippen LogP contribution >= 0.6 is 11.6 Å². The first-order chi connectivity index (χ1) is 23.2. The second-order valence-corrected chi connectivity index (χ2v) is 16.6. The number of hydrogen-bond donors (Lipinski definition) is 3. The average molecular weight is 696 g/mol. The van der Waals surface area contributed by atoms with Crippen LogP contribution in [0, 0.1) is 16.7 Å². The molecule has 1 saturated heterocycles. The lowest BCUT2D eigenvalue weighted by Gasteiger charge is -2.36. The van der Waals surface area contributed by atoms with Crippen molar-refractivity contribution in [1.29, 1.82) is 0 Å². The van der Waals surface area contributed by atoms with E-state index in [2.05, 4.69) is 21.1 Å². The molecule has 6 atom stereocenters. The highest BCUT2D eigenvalue weighted by molar-refractivity contribution is 6.38. The average Bonchev–Trinajstić information content (AvgIpc) is 3.93. The first-order valence-corrected chi connectivity index (χ1v) is 18.4. The largest absolute Gasteiger partial charge is 0.387 e. The summed E-state index contributed by atoms with van der Waals surface area (Å²) in [7, 11) is 0. The molecular weight excluding hydrogens is 646 g/mol. The van der Waals surface area contributed by atoms with E-state index in [0.717, 1.165) is 44.1 Å². The zero-order valence-corrected chi connectivity index (χ0v) is 29.9. The Kier molecular flexibility index (Phi) is 9.87. The first kappa shape index (κ1) is 35.4. The number of fused-ring (bicyclic) bond motifs is 1. The Bertz CT molecular complexity index is 1540. The molecule has 1 aromatic rings. The van der Waals surface area contributed by atoms with Crippen molar-refractivity contribution in [1.82, 2.24) is 20.9 Å². The molecule has 0 bridgehead atoms. The van der Waals surface area contributed by atoms with Crippen LogP contribution in [0.1, 0.15) is 110 Å². The number of hydrogen-bond acceptors (Lipinski definition) is 7. The first-order valence-electron chi connectivity index (χ1n) is 18.0. The maximum Gasteiger partial charge on any atom is 0.289 e. The van der Waals surface area contributed by atoms with Gasteiger partial charge in [0.2, 0.25) is 23.5 Å².